The topological polar surface area (TPSA) is 78.4 Å². The number of aryl methyl sites for hydroxylation is 1. The molecule has 1 aromatic rings. The Balaban J connectivity index is 2.38. The van der Waals surface area contributed by atoms with Crippen LogP contribution in [0, 0.1) is 0 Å². The van der Waals surface area contributed by atoms with E-state index < -0.39 is 11.9 Å². The molecule has 0 radical (unpaired) electrons. The Kier molecular flexibility index (Phi) is 9.71. The summed E-state index contributed by atoms with van der Waals surface area (Å²) in [6, 6.07) is 9.05. The summed E-state index contributed by atoms with van der Waals surface area (Å²) >= 11 is 0. The average molecular weight is 320 g/mol. The van der Waals surface area contributed by atoms with Crippen LogP contribution in [0.25, 0.3) is 0 Å². The summed E-state index contributed by atoms with van der Waals surface area (Å²) in [5.41, 5.74) is 2.73. The second-order valence-corrected chi connectivity index (χ2v) is 5.78. The fraction of sp³-hybridized carbons (Fsp3) is 0.556. The Morgan fingerprint density at radius 2 is 1.78 bits per heavy atom. The Morgan fingerprint density at radius 3 is 2.43 bits per heavy atom. The molecule has 0 spiro atoms. The predicted molar refractivity (Wildman–Crippen MR) is 90.0 cm³/mol. The maximum absolute atomic E-state index is 11.9. The monoisotopic (exact) mass is 320 g/mol. The number of hydrogen-bond acceptors (Lipinski definition) is 3. The highest BCUT2D eigenvalue weighted by Gasteiger charge is 2.19. The quantitative estimate of drug-likeness (QED) is 0.333. The Bertz CT molecular complexity index is 463. The molecule has 5 nitrogen and oxygen atoms in total. The fourth-order valence-electron chi connectivity index (χ4n) is 2.46. The third-order valence-corrected chi connectivity index (χ3v) is 3.83. The zero-order chi connectivity index (χ0) is 16.9. The van der Waals surface area contributed by atoms with Crippen molar-refractivity contribution < 1.29 is 14.8 Å². The van der Waals surface area contributed by atoms with Crippen molar-refractivity contribution >= 4 is 11.8 Å². The van der Waals surface area contributed by atoms with Crippen LogP contribution in [0.3, 0.4) is 0 Å². The lowest BCUT2D eigenvalue weighted by Gasteiger charge is -2.16. The zero-order valence-corrected chi connectivity index (χ0v) is 13.9. The van der Waals surface area contributed by atoms with Gasteiger partial charge in [0.05, 0.1) is 0 Å². The van der Waals surface area contributed by atoms with Crippen LogP contribution in [0.5, 0.6) is 0 Å². The molecule has 0 aromatic heterocycles. The maximum atomic E-state index is 11.9. The van der Waals surface area contributed by atoms with E-state index in [1.807, 2.05) is 30.3 Å². The number of hydroxylamine groups is 1. The van der Waals surface area contributed by atoms with E-state index in [0.717, 1.165) is 24.8 Å². The number of unbranched alkanes of at least 4 members (excludes halogenated alkanes) is 4. The molecule has 128 valence electrons. The minimum atomic E-state index is -0.705. The van der Waals surface area contributed by atoms with Crippen LogP contribution >= 0.6 is 0 Å². The first-order valence-electron chi connectivity index (χ1n) is 8.44. The summed E-state index contributed by atoms with van der Waals surface area (Å²) in [5.74, 6) is -0.705. The highest BCUT2D eigenvalue weighted by atomic mass is 16.5. The SMILES string of the molecule is CCCCCCCC(=O)NC(CCc1ccccc1)C(=O)NO. The van der Waals surface area contributed by atoms with Crippen LogP contribution in [0.1, 0.15) is 57.4 Å². The standard InChI is InChI=1S/C18H28N2O3/c1-2-3-4-5-9-12-17(21)19-16(18(22)20-23)14-13-15-10-7-6-8-11-15/h6-8,10-11,16,23H,2-5,9,12-14H2,1H3,(H,19,21)(H,20,22). The summed E-state index contributed by atoms with van der Waals surface area (Å²) < 4.78 is 0. The molecule has 3 N–H and O–H groups in total. The third-order valence-electron chi connectivity index (χ3n) is 3.83. The van der Waals surface area contributed by atoms with Crippen LogP contribution in [-0.4, -0.2) is 23.1 Å². The van der Waals surface area contributed by atoms with Crippen molar-refractivity contribution in [3.8, 4) is 0 Å². The summed E-state index contributed by atoms with van der Waals surface area (Å²) in [6.45, 7) is 2.15. The molecule has 0 heterocycles. The molecule has 5 heteroatoms. The fourth-order valence-corrected chi connectivity index (χ4v) is 2.46. The lowest BCUT2D eigenvalue weighted by Crippen LogP contribution is -2.46. The van der Waals surface area contributed by atoms with Crippen LogP contribution in [0.15, 0.2) is 30.3 Å². The van der Waals surface area contributed by atoms with Crippen LogP contribution in [-0.2, 0) is 16.0 Å². The van der Waals surface area contributed by atoms with E-state index in [2.05, 4.69) is 12.2 Å². The van der Waals surface area contributed by atoms with E-state index >= 15 is 0 Å². The first-order valence-corrected chi connectivity index (χ1v) is 8.44. The lowest BCUT2D eigenvalue weighted by atomic mass is 10.0. The molecule has 0 aliphatic carbocycles. The number of rotatable bonds is 11. The highest BCUT2D eigenvalue weighted by Crippen LogP contribution is 2.07. The molecule has 0 bridgehead atoms. The number of carbonyl (C=O) groups is 2. The van der Waals surface area contributed by atoms with Crippen molar-refractivity contribution in [2.45, 2.75) is 64.3 Å². The second kappa shape index (κ2) is 11.7. The van der Waals surface area contributed by atoms with Gasteiger partial charge in [0.25, 0.3) is 5.91 Å². The van der Waals surface area contributed by atoms with Crippen molar-refractivity contribution in [1.82, 2.24) is 10.8 Å². The second-order valence-electron chi connectivity index (χ2n) is 5.78. The smallest absolute Gasteiger partial charge is 0.265 e. The van der Waals surface area contributed by atoms with Crippen LogP contribution in [0.4, 0.5) is 0 Å². The molecule has 2 amide bonds. The average Bonchev–Trinajstić information content (AvgIpc) is 2.58. The molecule has 0 saturated heterocycles. The van der Waals surface area contributed by atoms with Crippen LogP contribution in [0.2, 0.25) is 0 Å². The first kappa shape index (κ1) is 19.2. The summed E-state index contributed by atoms with van der Waals surface area (Å²) in [5, 5.41) is 11.6. The number of amides is 2. The predicted octanol–water partition coefficient (Wildman–Crippen LogP) is 2.97. The highest BCUT2D eigenvalue weighted by molar-refractivity contribution is 5.86. The van der Waals surface area contributed by atoms with Crippen molar-refractivity contribution in [2.24, 2.45) is 0 Å². The van der Waals surface area contributed by atoms with Gasteiger partial charge in [-0.25, -0.2) is 5.48 Å². The molecule has 0 fully saturated rings. The van der Waals surface area contributed by atoms with E-state index in [0.29, 0.717) is 19.3 Å². The Hall–Kier alpha value is -1.88. The molecular formula is C18H28N2O3. The molecule has 23 heavy (non-hydrogen) atoms. The normalized spacial score (nSPS) is 11.7. The van der Waals surface area contributed by atoms with Crippen molar-refractivity contribution in [1.29, 1.82) is 0 Å². The van der Waals surface area contributed by atoms with Gasteiger partial charge in [0.2, 0.25) is 5.91 Å². The molecule has 1 rings (SSSR count). The van der Waals surface area contributed by atoms with E-state index in [-0.39, 0.29) is 5.91 Å². The minimum absolute atomic E-state index is 0.136. The van der Waals surface area contributed by atoms with Crippen LogP contribution < -0.4 is 10.8 Å². The number of carbonyl (C=O) groups excluding carboxylic acids is 2. The largest absolute Gasteiger partial charge is 0.344 e. The number of hydrogen-bond donors (Lipinski definition) is 3. The van der Waals surface area contributed by atoms with E-state index in [1.165, 1.54) is 12.8 Å². The molecule has 1 atom stereocenters. The van der Waals surface area contributed by atoms with Gasteiger partial charge in [-0.2, -0.15) is 0 Å². The van der Waals surface area contributed by atoms with Crippen molar-refractivity contribution in [2.75, 3.05) is 0 Å². The van der Waals surface area contributed by atoms with Gasteiger partial charge in [-0.05, 0) is 24.8 Å². The molecular weight excluding hydrogens is 292 g/mol. The van der Waals surface area contributed by atoms with Gasteiger partial charge in [-0.15, -0.1) is 0 Å². The molecule has 1 aromatic carbocycles. The molecule has 0 aliphatic rings. The zero-order valence-electron chi connectivity index (χ0n) is 13.9. The Morgan fingerprint density at radius 1 is 1.09 bits per heavy atom. The summed E-state index contributed by atoms with van der Waals surface area (Å²) in [6.07, 6.45) is 6.90. The van der Waals surface area contributed by atoms with Gasteiger partial charge in [0.15, 0.2) is 0 Å². The van der Waals surface area contributed by atoms with E-state index in [4.69, 9.17) is 5.21 Å². The van der Waals surface area contributed by atoms with E-state index in [9.17, 15) is 9.59 Å². The number of nitrogens with one attached hydrogen (secondary N) is 2. The Labute approximate surface area is 138 Å². The van der Waals surface area contributed by atoms with Gasteiger partial charge < -0.3 is 5.32 Å². The van der Waals surface area contributed by atoms with Gasteiger partial charge in [-0.3, -0.25) is 14.8 Å². The van der Waals surface area contributed by atoms with Gasteiger partial charge in [-0.1, -0.05) is 62.9 Å². The third kappa shape index (κ3) is 8.35. The van der Waals surface area contributed by atoms with E-state index in [1.54, 1.807) is 5.48 Å². The first-order chi connectivity index (χ1) is 11.2. The number of benzene rings is 1. The molecule has 0 aliphatic heterocycles. The lowest BCUT2D eigenvalue weighted by molar-refractivity contribution is -0.134. The summed E-state index contributed by atoms with van der Waals surface area (Å²) in [7, 11) is 0. The minimum Gasteiger partial charge on any atom is -0.344 e. The van der Waals surface area contributed by atoms with Crippen molar-refractivity contribution in [3.63, 3.8) is 0 Å². The molecule has 0 saturated carbocycles. The van der Waals surface area contributed by atoms with Gasteiger partial charge in [0.1, 0.15) is 6.04 Å². The maximum Gasteiger partial charge on any atom is 0.265 e. The summed E-state index contributed by atoms with van der Waals surface area (Å²) in [4.78, 5) is 23.7. The van der Waals surface area contributed by atoms with Gasteiger partial charge >= 0.3 is 0 Å². The van der Waals surface area contributed by atoms with Gasteiger partial charge in [0, 0.05) is 6.42 Å². The molecule has 1 unspecified atom stereocenters. The van der Waals surface area contributed by atoms with Crippen molar-refractivity contribution in [3.05, 3.63) is 35.9 Å².